The number of nitrogens with zero attached hydrogens (tertiary/aromatic N) is 1. The first-order chi connectivity index (χ1) is 12.8. The van der Waals surface area contributed by atoms with Crippen LogP contribution in [-0.2, 0) is 20.5 Å². The number of piperidine rings is 1. The quantitative estimate of drug-likeness (QED) is 0.416. The summed E-state index contributed by atoms with van der Waals surface area (Å²) < 4.78 is 43.0. The Bertz CT molecular complexity index is 710. The Balaban J connectivity index is 2.33. The standard InChI is InChI=1S/C20H26F3NO4/c1-18(2)11-6-12-19(3,4)24(18)28-16(17(26)27-5)15(25)13-7-9-14(10-8-13)20(21,22)23/h7-10,16H,6,11-12H2,1-5H3. The van der Waals surface area contributed by atoms with Gasteiger partial charge in [-0.1, -0.05) is 12.1 Å². The van der Waals surface area contributed by atoms with Crippen LogP contribution in [0.5, 0.6) is 0 Å². The van der Waals surface area contributed by atoms with Crippen molar-refractivity contribution in [3.63, 3.8) is 0 Å². The van der Waals surface area contributed by atoms with Crippen LogP contribution in [0.2, 0.25) is 0 Å². The zero-order chi connectivity index (χ0) is 21.3. The maximum Gasteiger partial charge on any atom is 0.416 e. The summed E-state index contributed by atoms with van der Waals surface area (Å²) in [6.45, 7) is 7.80. The second-order valence-corrected chi connectivity index (χ2v) is 8.22. The molecule has 0 bridgehead atoms. The van der Waals surface area contributed by atoms with Gasteiger partial charge in [-0.05, 0) is 59.1 Å². The Morgan fingerprint density at radius 3 is 1.96 bits per heavy atom. The van der Waals surface area contributed by atoms with E-state index in [1.165, 1.54) is 0 Å². The van der Waals surface area contributed by atoms with Crippen LogP contribution in [0.4, 0.5) is 13.2 Å². The summed E-state index contributed by atoms with van der Waals surface area (Å²) in [4.78, 5) is 31.0. The Hall–Kier alpha value is -1.93. The van der Waals surface area contributed by atoms with E-state index in [2.05, 4.69) is 0 Å². The van der Waals surface area contributed by atoms with E-state index in [-0.39, 0.29) is 5.56 Å². The maximum atomic E-state index is 12.9. The van der Waals surface area contributed by atoms with Gasteiger partial charge in [0.05, 0.1) is 12.7 Å². The number of esters is 1. The third-order valence-corrected chi connectivity index (χ3v) is 5.04. The number of halogens is 3. The van der Waals surface area contributed by atoms with Gasteiger partial charge in [-0.15, -0.1) is 0 Å². The molecule has 28 heavy (non-hydrogen) atoms. The minimum absolute atomic E-state index is 0.0592. The van der Waals surface area contributed by atoms with Crippen molar-refractivity contribution in [2.45, 2.75) is 70.3 Å². The van der Waals surface area contributed by atoms with Crippen molar-refractivity contribution in [2.75, 3.05) is 7.11 Å². The van der Waals surface area contributed by atoms with Crippen molar-refractivity contribution < 1.29 is 32.3 Å². The number of carbonyl (C=O) groups excluding carboxylic acids is 2. The number of ketones is 1. The fraction of sp³-hybridized carbons (Fsp3) is 0.600. The number of benzene rings is 1. The average Bonchev–Trinajstić information content (AvgIpc) is 2.59. The molecular formula is C20H26F3NO4. The highest BCUT2D eigenvalue weighted by Gasteiger charge is 2.46. The molecule has 2 rings (SSSR count). The number of Topliss-reactive ketones (excluding diaryl/α,β-unsaturated/α-hetero) is 1. The number of ether oxygens (including phenoxy) is 1. The first-order valence-electron chi connectivity index (χ1n) is 9.06. The molecule has 1 unspecified atom stereocenters. The minimum Gasteiger partial charge on any atom is -0.467 e. The molecule has 1 aromatic rings. The Labute approximate surface area is 162 Å². The number of methoxy groups -OCH3 is 1. The third kappa shape index (κ3) is 4.72. The van der Waals surface area contributed by atoms with Crippen molar-refractivity contribution in [1.82, 2.24) is 5.06 Å². The second kappa shape index (κ2) is 7.83. The second-order valence-electron chi connectivity index (χ2n) is 8.22. The van der Waals surface area contributed by atoms with Crippen LogP contribution in [0.1, 0.15) is 62.9 Å². The molecule has 156 valence electrons. The van der Waals surface area contributed by atoms with Crippen LogP contribution >= 0.6 is 0 Å². The number of hydrogen-bond donors (Lipinski definition) is 0. The predicted octanol–water partition coefficient (Wildman–Crippen LogP) is 4.40. The Morgan fingerprint density at radius 2 is 1.54 bits per heavy atom. The van der Waals surface area contributed by atoms with E-state index in [0.717, 1.165) is 50.6 Å². The zero-order valence-electron chi connectivity index (χ0n) is 16.7. The van der Waals surface area contributed by atoms with E-state index in [0.29, 0.717) is 0 Å². The first-order valence-corrected chi connectivity index (χ1v) is 9.06. The number of alkyl halides is 3. The van der Waals surface area contributed by atoms with Gasteiger partial charge in [0.1, 0.15) is 0 Å². The molecule has 1 heterocycles. The molecule has 0 amide bonds. The largest absolute Gasteiger partial charge is 0.467 e. The number of hydroxylamine groups is 2. The van der Waals surface area contributed by atoms with Gasteiger partial charge in [-0.3, -0.25) is 9.63 Å². The summed E-state index contributed by atoms with van der Waals surface area (Å²) in [6, 6.07) is 3.68. The molecule has 5 nitrogen and oxygen atoms in total. The highest BCUT2D eigenvalue weighted by atomic mass is 19.4. The molecule has 1 atom stereocenters. The molecule has 0 aliphatic carbocycles. The highest BCUT2D eigenvalue weighted by molar-refractivity contribution is 6.11. The van der Waals surface area contributed by atoms with Gasteiger partial charge >= 0.3 is 12.1 Å². The minimum atomic E-state index is -4.51. The van der Waals surface area contributed by atoms with E-state index in [9.17, 15) is 22.8 Å². The molecule has 1 fully saturated rings. The van der Waals surface area contributed by atoms with Crippen molar-refractivity contribution in [2.24, 2.45) is 0 Å². The topological polar surface area (TPSA) is 55.8 Å². The summed E-state index contributed by atoms with van der Waals surface area (Å²) in [7, 11) is 1.13. The van der Waals surface area contributed by atoms with Crippen LogP contribution in [0.3, 0.4) is 0 Å². The lowest BCUT2D eigenvalue weighted by Crippen LogP contribution is -2.60. The van der Waals surface area contributed by atoms with E-state index in [4.69, 9.17) is 9.57 Å². The molecule has 1 saturated heterocycles. The number of rotatable bonds is 5. The molecule has 8 heteroatoms. The van der Waals surface area contributed by atoms with Crippen LogP contribution in [0, 0.1) is 0 Å². The third-order valence-electron chi connectivity index (χ3n) is 5.04. The lowest BCUT2D eigenvalue weighted by Gasteiger charge is -2.51. The Kier molecular flexibility index (Phi) is 6.25. The molecule has 1 aliphatic rings. The fourth-order valence-electron chi connectivity index (χ4n) is 3.65. The lowest BCUT2D eigenvalue weighted by atomic mass is 9.82. The molecule has 0 saturated carbocycles. The van der Waals surface area contributed by atoms with Crippen LogP contribution in [0.15, 0.2) is 24.3 Å². The van der Waals surface area contributed by atoms with E-state index in [1.807, 2.05) is 27.7 Å². The smallest absolute Gasteiger partial charge is 0.416 e. The van der Waals surface area contributed by atoms with Crippen molar-refractivity contribution in [1.29, 1.82) is 0 Å². The van der Waals surface area contributed by atoms with Gasteiger partial charge in [0.2, 0.25) is 11.9 Å². The number of carbonyl (C=O) groups is 2. The van der Waals surface area contributed by atoms with Crippen molar-refractivity contribution >= 4 is 11.8 Å². The van der Waals surface area contributed by atoms with Gasteiger partial charge in [-0.25, -0.2) is 4.79 Å². The summed E-state index contributed by atoms with van der Waals surface area (Å²) in [5.41, 5.74) is -1.81. The predicted molar refractivity (Wildman–Crippen MR) is 96.5 cm³/mol. The summed E-state index contributed by atoms with van der Waals surface area (Å²) in [5.74, 6) is -1.65. The summed E-state index contributed by atoms with van der Waals surface area (Å²) in [5, 5.41) is 1.65. The van der Waals surface area contributed by atoms with E-state index < -0.39 is 40.7 Å². The molecule has 0 aromatic heterocycles. The SMILES string of the molecule is COC(=O)C(ON1C(C)(C)CCCC1(C)C)C(=O)c1ccc(C(F)(F)F)cc1. The van der Waals surface area contributed by atoms with Gasteiger partial charge < -0.3 is 4.74 Å². The lowest BCUT2D eigenvalue weighted by molar-refractivity contribution is -0.292. The maximum absolute atomic E-state index is 12.9. The van der Waals surface area contributed by atoms with E-state index >= 15 is 0 Å². The van der Waals surface area contributed by atoms with Crippen LogP contribution < -0.4 is 0 Å². The molecule has 0 N–H and O–H groups in total. The monoisotopic (exact) mass is 401 g/mol. The molecule has 0 spiro atoms. The summed E-state index contributed by atoms with van der Waals surface area (Å²) >= 11 is 0. The van der Waals surface area contributed by atoms with Crippen LogP contribution in [-0.4, -0.2) is 41.1 Å². The van der Waals surface area contributed by atoms with E-state index in [1.54, 1.807) is 5.06 Å². The fourth-order valence-corrected chi connectivity index (χ4v) is 3.65. The molecule has 1 aliphatic heterocycles. The van der Waals surface area contributed by atoms with Gasteiger partial charge in [-0.2, -0.15) is 18.2 Å². The van der Waals surface area contributed by atoms with Crippen molar-refractivity contribution in [3.8, 4) is 0 Å². The first kappa shape index (κ1) is 22.4. The van der Waals surface area contributed by atoms with Gasteiger partial charge in [0.25, 0.3) is 0 Å². The average molecular weight is 401 g/mol. The van der Waals surface area contributed by atoms with Crippen molar-refractivity contribution in [3.05, 3.63) is 35.4 Å². The Morgan fingerprint density at radius 1 is 1.04 bits per heavy atom. The zero-order valence-corrected chi connectivity index (χ0v) is 16.7. The number of hydrogen-bond acceptors (Lipinski definition) is 5. The summed E-state index contributed by atoms with van der Waals surface area (Å²) in [6.07, 6.45) is -3.53. The molecule has 1 aromatic carbocycles. The highest BCUT2D eigenvalue weighted by Crippen LogP contribution is 2.39. The molecule has 0 radical (unpaired) electrons. The molecular weight excluding hydrogens is 375 g/mol. The van der Waals surface area contributed by atoms with Crippen LogP contribution in [0.25, 0.3) is 0 Å². The van der Waals surface area contributed by atoms with Gasteiger partial charge in [0.15, 0.2) is 0 Å². The normalized spacial score (nSPS) is 20.4. The van der Waals surface area contributed by atoms with Gasteiger partial charge in [0, 0.05) is 16.6 Å².